The summed E-state index contributed by atoms with van der Waals surface area (Å²) < 4.78 is 13.4. The van der Waals surface area contributed by atoms with Crippen molar-refractivity contribution in [2.24, 2.45) is 0 Å². The van der Waals surface area contributed by atoms with Crippen molar-refractivity contribution in [1.82, 2.24) is 0 Å². The highest BCUT2D eigenvalue weighted by Gasteiger charge is 2.16. The minimum absolute atomic E-state index is 0.0194. The van der Waals surface area contributed by atoms with Crippen LogP contribution >= 0.6 is 27.5 Å². The summed E-state index contributed by atoms with van der Waals surface area (Å²) >= 11 is 8.66. The third kappa shape index (κ3) is 3.37. The number of amides is 1. The zero-order valence-electron chi connectivity index (χ0n) is 10.3. The molecule has 0 aliphatic heterocycles. The topological polar surface area (TPSA) is 72.2 Å². The molecule has 0 fully saturated rings. The smallest absolute Gasteiger partial charge is 0.289 e. The van der Waals surface area contributed by atoms with Crippen LogP contribution in [0.15, 0.2) is 40.9 Å². The summed E-state index contributed by atoms with van der Waals surface area (Å²) in [7, 11) is 0. The third-order valence-electron chi connectivity index (χ3n) is 2.60. The fourth-order valence-corrected chi connectivity index (χ4v) is 2.24. The SMILES string of the molecule is O=C(Nc1ccc(Cl)c([N+](=O)[O-])c1)c1cccc(F)c1Br. The van der Waals surface area contributed by atoms with Gasteiger partial charge in [0.15, 0.2) is 0 Å². The minimum atomic E-state index is -0.657. The first-order chi connectivity index (χ1) is 9.90. The van der Waals surface area contributed by atoms with E-state index in [-0.39, 0.29) is 26.4 Å². The molecule has 2 aromatic rings. The maximum atomic E-state index is 13.4. The van der Waals surface area contributed by atoms with Gasteiger partial charge in [-0.3, -0.25) is 14.9 Å². The summed E-state index contributed by atoms with van der Waals surface area (Å²) in [6, 6.07) is 7.87. The Kier molecular flexibility index (Phi) is 4.54. The van der Waals surface area contributed by atoms with E-state index in [0.29, 0.717) is 0 Å². The summed E-state index contributed by atoms with van der Waals surface area (Å²) in [4.78, 5) is 22.2. The van der Waals surface area contributed by atoms with Crippen molar-refractivity contribution in [1.29, 1.82) is 0 Å². The minimum Gasteiger partial charge on any atom is -0.322 e. The van der Waals surface area contributed by atoms with Crippen LogP contribution in [0.1, 0.15) is 10.4 Å². The average molecular weight is 374 g/mol. The number of hydrogen-bond acceptors (Lipinski definition) is 3. The highest BCUT2D eigenvalue weighted by atomic mass is 79.9. The normalized spacial score (nSPS) is 10.2. The number of carbonyl (C=O) groups excluding carboxylic acids is 1. The van der Waals surface area contributed by atoms with Gasteiger partial charge in [0.1, 0.15) is 10.8 Å². The fraction of sp³-hybridized carbons (Fsp3) is 0. The Labute approximate surface area is 132 Å². The van der Waals surface area contributed by atoms with E-state index in [1.165, 1.54) is 30.3 Å². The second-order valence-corrected chi connectivity index (χ2v) is 5.18. The Hall–Kier alpha value is -1.99. The van der Waals surface area contributed by atoms with Gasteiger partial charge >= 0.3 is 0 Å². The molecule has 0 aliphatic carbocycles. The number of nitrogens with one attached hydrogen (secondary N) is 1. The molecule has 1 amide bonds. The lowest BCUT2D eigenvalue weighted by Gasteiger charge is -2.07. The molecule has 108 valence electrons. The van der Waals surface area contributed by atoms with Crippen molar-refractivity contribution in [3.05, 3.63) is 67.4 Å². The van der Waals surface area contributed by atoms with Gasteiger partial charge < -0.3 is 5.32 Å². The van der Waals surface area contributed by atoms with E-state index in [0.717, 1.165) is 6.07 Å². The van der Waals surface area contributed by atoms with Crippen LogP contribution in [-0.2, 0) is 0 Å². The van der Waals surface area contributed by atoms with Gasteiger partial charge in [-0.05, 0) is 40.2 Å². The first kappa shape index (κ1) is 15.4. The zero-order valence-corrected chi connectivity index (χ0v) is 12.6. The van der Waals surface area contributed by atoms with Crippen molar-refractivity contribution in [3.8, 4) is 0 Å². The molecule has 0 bridgehead atoms. The molecule has 0 aliphatic rings. The lowest BCUT2D eigenvalue weighted by Crippen LogP contribution is -2.13. The Morgan fingerprint density at radius 3 is 2.71 bits per heavy atom. The van der Waals surface area contributed by atoms with Gasteiger partial charge in [-0.1, -0.05) is 17.7 Å². The van der Waals surface area contributed by atoms with E-state index in [4.69, 9.17) is 11.6 Å². The van der Waals surface area contributed by atoms with Crippen LogP contribution in [0.5, 0.6) is 0 Å². The molecule has 0 heterocycles. The maximum Gasteiger partial charge on any atom is 0.289 e. The number of rotatable bonds is 3. The van der Waals surface area contributed by atoms with E-state index in [1.54, 1.807) is 0 Å². The quantitative estimate of drug-likeness (QED) is 0.640. The summed E-state index contributed by atoms with van der Waals surface area (Å²) in [6.07, 6.45) is 0. The number of benzene rings is 2. The number of nitro groups is 1. The largest absolute Gasteiger partial charge is 0.322 e. The van der Waals surface area contributed by atoms with Crippen LogP contribution in [0.2, 0.25) is 5.02 Å². The lowest BCUT2D eigenvalue weighted by atomic mass is 10.2. The third-order valence-corrected chi connectivity index (χ3v) is 3.72. The maximum absolute atomic E-state index is 13.4. The van der Waals surface area contributed by atoms with Gasteiger partial charge in [0.05, 0.1) is 15.0 Å². The molecule has 0 atom stereocenters. The average Bonchev–Trinajstić information content (AvgIpc) is 2.43. The Morgan fingerprint density at radius 1 is 1.33 bits per heavy atom. The van der Waals surface area contributed by atoms with Crippen molar-refractivity contribution in [2.75, 3.05) is 5.32 Å². The Morgan fingerprint density at radius 2 is 2.05 bits per heavy atom. The van der Waals surface area contributed by atoms with E-state index in [1.807, 2.05) is 0 Å². The Bertz CT molecular complexity index is 739. The highest BCUT2D eigenvalue weighted by molar-refractivity contribution is 9.10. The van der Waals surface area contributed by atoms with Crippen molar-refractivity contribution in [3.63, 3.8) is 0 Å². The molecule has 5 nitrogen and oxygen atoms in total. The van der Waals surface area contributed by atoms with Gasteiger partial charge in [-0.25, -0.2) is 4.39 Å². The molecular formula is C13H7BrClFN2O3. The predicted molar refractivity (Wildman–Crippen MR) is 80.2 cm³/mol. The first-order valence-corrected chi connectivity index (χ1v) is 6.76. The van der Waals surface area contributed by atoms with Crippen LogP contribution in [0.25, 0.3) is 0 Å². The fourth-order valence-electron chi connectivity index (χ4n) is 1.61. The lowest BCUT2D eigenvalue weighted by molar-refractivity contribution is -0.384. The molecule has 0 saturated heterocycles. The first-order valence-electron chi connectivity index (χ1n) is 5.59. The summed E-state index contributed by atoms with van der Waals surface area (Å²) in [5.41, 5.74) is -0.0624. The summed E-state index contributed by atoms with van der Waals surface area (Å²) in [5, 5.41) is 13.2. The number of halogens is 3. The summed E-state index contributed by atoms with van der Waals surface area (Å²) in [5.74, 6) is -1.18. The van der Waals surface area contributed by atoms with Gasteiger partial charge in [-0.15, -0.1) is 0 Å². The van der Waals surface area contributed by atoms with Gasteiger partial charge in [0.25, 0.3) is 11.6 Å². The van der Waals surface area contributed by atoms with Crippen molar-refractivity contribution in [2.45, 2.75) is 0 Å². The zero-order chi connectivity index (χ0) is 15.6. The monoisotopic (exact) mass is 372 g/mol. The van der Waals surface area contributed by atoms with Crippen LogP contribution in [0.3, 0.4) is 0 Å². The molecular weight excluding hydrogens is 367 g/mol. The van der Waals surface area contributed by atoms with E-state index >= 15 is 0 Å². The van der Waals surface area contributed by atoms with Gasteiger partial charge in [-0.2, -0.15) is 0 Å². The molecule has 0 saturated carbocycles. The van der Waals surface area contributed by atoms with E-state index < -0.39 is 16.6 Å². The predicted octanol–water partition coefficient (Wildman–Crippen LogP) is 4.40. The van der Waals surface area contributed by atoms with Crippen molar-refractivity contribution >= 4 is 44.8 Å². The van der Waals surface area contributed by atoms with Crippen LogP contribution < -0.4 is 5.32 Å². The van der Waals surface area contributed by atoms with Gasteiger partial charge in [0, 0.05) is 11.8 Å². The molecule has 2 rings (SSSR count). The molecule has 0 spiro atoms. The number of carbonyl (C=O) groups is 1. The van der Waals surface area contributed by atoms with Crippen LogP contribution in [0, 0.1) is 15.9 Å². The molecule has 0 unspecified atom stereocenters. The summed E-state index contributed by atoms with van der Waals surface area (Å²) in [6.45, 7) is 0. The van der Waals surface area contributed by atoms with Crippen LogP contribution in [-0.4, -0.2) is 10.8 Å². The van der Waals surface area contributed by atoms with Crippen LogP contribution in [0.4, 0.5) is 15.8 Å². The molecule has 1 N–H and O–H groups in total. The Balaban J connectivity index is 2.30. The number of nitrogens with zero attached hydrogens (tertiary/aromatic N) is 1. The molecule has 2 aromatic carbocycles. The molecule has 0 aromatic heterocycles. The van der Waals surface area contributed by atoms with E-state index in [2.05, 4.69) is 21.2 Å². The van der Waals surface area contributed by atoms with Crippen molar-refractivity contribution < 1.29 is 14.1 Å². The van der Waals surface area contributed by atoms with E-state index in [9.17, 15) is 19.3 Å². The molecule has 8 heteroatoms. The highest BCUT2D eigenvalue weighted by Crippen LogP contribution is 2.28. The number of nitro benzene ring substituents is 1. The number of hydrogen-bond donors (Lipinski definition) is 1. The number of anilines is 1. The second-order valence-electron chi connectivity index (χ2n) is 3.98. The molecule has 21 heavy (non-hydrogen) atoms. The molecule has 0 radical (unpaired) electrons. The standard InChI is InChI=1S/C13H7BrClFN2O3/c14-12-8(2-1-3-10(12)16)13(19)17-7-4-5-9(15)11(6-7)18(20)21/h1-6H,(H,17,19). The second kappa shape index (κ2) is 6.19. The van der Waals surface area contributed by atoms with Gasteiger partial charge in [0.2, 0.25) is 0 Å².